The van der Waals surface area contributed by atoms with E-state index in [9.17, 15) is 14.0 Å². The van der Waals surface area contributed by atoms with Gasteiger partial charge in [0.15, 0.2) is 0 Å². The first kappa shape index (κ1) is 14.5. The summed E-state index contributed by atoms with van der Waals surface area (Å²) >= 11 is 0. The summed E-state index contributed by atoms with van der Waals surface area (Å²) in [6, 6.07) is 5.76. The van der Waals surface area contributed by atoms with E-state index in [1.54, 1.807) is 11.0 Å². The molecule has 108 valence electrons. The Labute approximate surface area is 118 Å². The SMILES string of the molecule is CCCCN1C[C@H](C(=O)Nc2cccc(F)c2)CC1=O. The normalized spacial score (nSPS) is 18.4. The smallest absolute Gasteiger partial charge is 0.229 e. The molecule has 4 nitrogen and oxygen atoms in total. The van der Waals surface area contributed by atoms with Crippen LogP contribution in [0.3, 0.4) is 0 Å². The number of unbranched alkanes of at least 4 members (excludes halogenated alkanes) is 1. The molecule has 0 bridgehead atoms. The molecule has 1 aliphatic rings. The fraction of sp³-hybridized carbons (Fsp3) is 0.467. The number of nitrogens with zero attached hydrogens (tertiary/aromatic N) is 1. The molecule has 0 saturated carbocycles. The van der Waals surface area contributed by atoms with Gasteiger partial charge in [0, 0.05) is 25.2 Å². The second-order valence-corrected chi connectivity index (χ2v) is 5.09. The highest BCUT2D eigenvalue weighted by atomic mass is 19.1. The van der Waals surface area contributed by atoms with E-state index >= 15 is 0 Å². The Morgan fingerprint density at radius 2 is 2.30 bits per heavy atom. The molecule has 1 atom stereocenters. The van der Waals surface area contributed by atoms with Crippen molar-refractivity contribution in [1.29, 1.82) is 0 Å². The quantitative estimate of drug-likeness (QED) is 0.899. The van der Waals surface area contributed by atoms with Crippen LogP contribution in [0.2, 0.25) is 0 Å². The second kappa shape index (κ2) is 6.50. The van der Waals surface area contributed by atoms with Crippen LogP contribution in [0.25, 0.3) is 0 Å². The molecule has 1 aromatic carbocycles. The van der Waals surface area contributed by atoms with Gasteiger partial charge in [-0.2, -0.15) is 0 Å². The van der Waals surface area contributed by atoms with Gasteiger partial charge in [0.1, 0.15) is 5.82 Å². The van der Waals surface area contributed by atoms with E-state index in [0.29, 0.717) is 18.8 Å². The maximum absolute atomic E-state index is 13.0. The van der Waals surface area contributed by atoms with Gasteiger partial charge in [-0.1, -0.05) is 19.4 Å². The molecule has 0 aliphatic carbocycles. The van der Waals surface area contributed by atoms with Crippen molar-refractivity contribution >= 4 is 17.5 Å². The number of benzene rings is 1. The number of carbonyl (C=O) groups is 2. The predicted molar refractivity (Wildman–Crippen MR) is 74.6 cm³/mol. The topological polar surface area (TPSA) is 49.4 Å². The summed E-state index contributed by atoms with van der Waals surface area (Å²) in [6.07, 6.45) is 2.21. The monoisotopic (exact) mass is 278 g/mol. The Morgan fingerprint density at radius 1 is 1.50 bits per heavy atom. The van der Waals surface area contributed by atoms with Crippen molar-refractivity contribution in [2.75, 3.05) is 18.4 Å². The first-order valence-corrected chi connectivity index (χ1v) is 6.94. The average Bonchev–Trinajstić information content (AvgIpc) is 2.78. The highest BCUT2D eigenvalue weighted by Gasteiger charge is 2.33. The number of halogens is 1. The van der Waals surface area contributed by atoms with Gasteiger partial charge in [0.25, 0.3) is 0 Å². The Balaban J connectivity index is 1.92. The van der Waals surface area contributed by atoms with Crippen molar-refractivity contribution in [3.05, 3.63) is 30.1 Å². The summed E-state index contributed by atoms with van der Waals surface area (Å²) in [5, 5.41) is 2.66. The van der Waals surface area contributed by atoms with Crippen LogP contribution in [0.15, 0.2) is 24.3 Å². The minimum Gasteiger partial charge on any atom is -0.342 e. The summed E-state index contributed by atoms with van der Waals surface area (Å²) < 4.78 is 13.0. The molecule has 1 saturated heterocycles. The molecule has 0 spiro atoms. The third-order valence-electron chi connectivity index (χ3n) is 3.46. The minimum atomic E-state index is -0.394. The Bertz CT molecular complexity index is 504. The number of carbonyl (C=O) groups excluding carboxylic acids is 2. The van der Waals surface area contributed by atoms with Gasteiger partial charge >= 0.3 is 0 Å². The Kier molecular flexibility index (Phi) is 4.71. The molecule has 2 rings (SSSR count). The van der Waals surface area contributed by atoms with E-state index < -0.39 is 5.82 Å². The summed E-state index contributed by atoms with van der Waals surface area (Å²) in [7, 11) is 0. The lowest BCUT2D eigenvalue weighted by Gasteiger charge is -2.15. The zero-order valence-corrected chi connectivity index (χ0v) is 11.6. The lowest BCUT2D eigenvalue weighted by molar-refractivity contribution is -0.128. The van der Waals surface area contributed by atoms with Gasteiger partial charge in [-0.15, -0.1) is 0 Å². The maximum atomic E-state index is 13.0. The minimum absolute atomic E-state index is 0.0258. The molecular weight excluding hydrogens is 259 g/mol. The van der Waals surface area contributed by atoms with Crippen LogP contribution in [0.1, 0.15) is 26.2 Å². The first-order valence-electron chi connectivity index (χ1n) is 6.94. The molecule has 0 aromatic heterocycles. The van der Waals surface area contributed by atoms with Crippen LogP contribution < -0.4 is 5.32 Å². The number of rotatable bonds is 5. The van der Waals surface area contributed by atoms with E-state index in [2.05, 4.69) is 12.2 Å². The molecular formula is C15H19FN2O2. The van der Waals surface area contributed by atoms with Crippen LogP contribution >= 0.6 is 0 Å². The van der Waals surface area contributed by atoms with Crippen molar-refractivity contribution in [3.8, 4) is 0 Å². The zero-order valence-electron chi connectivity index (χ0n) is 11.6. The van der Waals surface area contributed by atoms with E-state index in [1.165, 1.54) is 18.2 Å². The van der Waals surface area contributed by atoms with Crippen LogP contribution in [0, 0.1) is 11.7 Å². The zero-order chi connectivity index (χ0) is 14.5. The van der Waals surface area contributed by atoms with Gasteiger partial charge in [-0.3, -0.25) is 9.59 Å². The predicted octanol–water partition coefficient (Wildman–Crippen LogP) is 2.41. The van der Waals surface area contributed by atoms with Crippen molar-refractivity contribution < 1.29 is 14.0 Å². The van der Waals surface area contributed by atoms with Crippen molar-refractivity contribution in [2.24, 2.45) is 5.92 Å². The van der Waals surface area contributed by atoms with Gasteiger partial charge in [0.05, 0.1) is 5.92 Å². The largest absolute Gasteiger partial charge is 0.342 e. The van der Waals surface area contributed by atoms with Crippen LogP contribution in [-0.2, 0) is 9.59 Å². The number of nitrogens with one attached hydrogen (secondary N) is 1. The van der Waals surface area contributed by atoms with Gasteiger partial charge < -0.3 is 10.2 Å². The standard InChI is InChI=1S/C15H19FN2O2/c1-2-3-7-18-10-11(8-14(18)19)15(20)17-13-6-4-5-12(16)9-13/h4-6,9,11H,2-3,7-8,10H2,1H3,(H,17,20)/t11-/m1/s1. The number of anilines is 1. The average molecular weight is 278 g/mol. The highest BCUT2D eigenvalue weighted by molar-refractivity contribution is 5.97. The van der Waals surface area contributed by atoms with E-state index in [-0.39, 0.29) is 24.2 Å². The van der Waals surface area contributed by atoms with Gasteiger partial charge in [0.2, 0.25) is 11.8 Å². The van der Waals surface area contributed by atoms with Gasteiger partial charge in [-0.25, -0.2) is 4.39 Å². The molecule has 1 heterocycles. The fourth-order valence-corrected chi connectivity index (χ4v) is 2.32. The van der Waals surface area contributed by atoms with E-state index in [4.69, 9.17) is 0 Å². The van der Waals surface area contributed by atoms with Crippen molar-refractivity contribution in [2.45, 2.75) is 26.2 Å². The summed E-state index contributed by atoms with van der Waals surface area (Å²) in [5.41, 5.74) is 0.425. The highest BCUT2D eigenvalue weighted by Crippen LogP contribution is 2.20. The number of hydrogen-bond acceptors (Lipinski definition) is 2. The van der Waals surface area contributed by atoms with Crippen LogP contribution in [0.4, 0.5) is 10.1 Å². The lowest BCUT2D eigenvalue weighted by atomic mass is 10.1. The molecule has 1 fully saturated rings. The van der Waals surface area contributed by atoms with E-state index in [0.717, 1.165) is 12.8 Å². The fourth-order valence-electron chi connectivity index (χ4n) is 2.32. The Hall–Kier alpha value is -1.91. The van der Waals surface area contributed by atoms with Crippen LogP contribution in [-0.4, -0.2) is 29.8 Å². The van der Waals surface area contributed by atoms with Crippen molar-refractivity contribution in [3.63, 3.8) is 0 Å². The number of hydrogen-bond donors (Lipinski definition) is 1. The Morgan fingerprint density at radius 3 is 3.00 bits per heavy atom. The lowest BCUT2D eigenvalue weighted by Crippen LogP contribution is -2.29. The summed E-state index contributed by atoms with van der Waals surface area (Å²) in [4.78, 5) is 25.6. The third kappa shape index (κ3) is 3.56. The van der Waals surface area contributed by atoms with Crippen molar-refractivity contribution in [1.82, 2.24) is 4.90 Å². The summed E-state index contributed by atoms with van der Waals surface area (Å²) in [6.45, 7) is 3.23. The molecule has 1 aliphatic heterocycles. The molecule has 0 unspecified atom stereocenters. The third-order valence-corrected chi connectivity index (χ3v) is 3.46. The number of amides is 2. The molecule has 1 aromatic rings. The summed E-state index contributed by atoms with van der Waals surface area (Å²) in [5.74, 6) is -0.932. The molecule has 1 N–H and O–H groups in total. The molecule has 0 radical (unpaired) electrons. The van der Waals surface area contributed by atoms with E-state index in [1.807, 2.05) is 0 Å². The molecule has 2 amide bonds. The van der Waals surface area contributed by atoms with Gasteiger partial charge in [-0.05, 0) is 24.6 Å². The second-order valence-electron chi connectivity index (χ2n) is 5.09. The number of likely N-dealkylation sites (tertiary alicyclic amines) is 1. The maximum Gasteiger partial charge on any atom is 0.229 e. The molecule has 20 heavy (non-hydrogen) atoms. The molecule has 5 heteroatoms. The first-order chi connectivity index (χ1) is 9.60. The van der Waals surface area contributed by atoms with Crippen LogP contribution in [0.5, 0.6) is 0 Å².